The molecule has 0 saturated heterocycles. The van der Waals surface area contributed by atoms with Gasteiger partial charge in [-0.15, -0.1) is 0 Å². The Morgan fingerprint density at radius 2 is 1.56 bits per heavy atom. The van der Waals surface area contributed by atoms with Crippen LogP contribution < -0.4 is 4.74 Å². The van der Waals surface area contributed by atoms with Crippen LogP contribution in [0.25, 0.3) is 6.08 Å². The van der Waals surface area contributed by atoms with E-state index in [4.69, 9.17) is 4.74 Å². The minimum absolute atomic E-state index is 0.0705. The Balaban J connectivity index is 1.77. The molecule has 0 bridgehead atoms. The lowest BCUT2D eigenvalue weighted by Crippen LogP contribution is -2.05. The zero-order chi connectivity index (χ0) is 24.3. The number of allylic oxidation sites excluding steroid dienone is 1. The Bertz CT molecular complexity index is 1110. The van der Waals surface area contributed by atoms with Gasteiger partial charge in [0.25, 0.3) is 0 Å². The fourth-order valence-electron chi connectivity index (χ4n) is 3.81. The first-order valence-electron chi connectivity index (χ1n) is 11.8. The second kappa shape index (κ2) is 12.5. The molecule has 3 rings (SSSR count). The Morgan fingerprint density at radius 3 is 2.21 bits per heavy atom. The summed E-state index contributed by atoms with van der Waals surface area (Å²) in [6.07, 6.45) is 7.92. The third kappa shape index (κ3) is 7.45. The minimum atomic E-state index is -0.916. The van der Waals surface area contributed by atoms with Gasteiger partial charge in [-0.1, -0.05) is 73.7 Å². The lowest BCUT2D eigenvalue weighted by atomic mass is 9.91. The number of carboxylic acid groups (broad SMARTS) is 1. The van der Waals surface area contributed by atoms with Gasteiger partial charge in [-0.2, -0.15) is 0 Å². The number of para-hydroxylation sites is 1. The van der Waals surface area contributed by atoms with Crippen molar-refractivity contribution >= 4 is 17.8 Å². The van der Waals surface area contributed by atoms with Gasteiger partial charge >= 0.3 is 5.97 Å². The van der Waals surface area contributed by atoms with E-state index < -0.39 is 5.97 Å². The van der Waals surface area contributed by atoms with Crippen LogP contribution in [0.2, 0.25) is 0 Å². The quantitative estimate of drug-likeness (QED) is 0.302. The fourth-order valence-corrected chi connectivity index (χ4v) is 3.81. The molecule has 0 aliphatic carbocycles. The van der Waals surface area contributed by atoms with Crippen molar-refractivity contribution in [2.75, 3.05) is 6.61 Å². The van der Waals surface area contributed by atoms with Crippen LogP contribution in [0, 0.1) is 5.92 Å². The Morgan fingerprint density at radius 1 is 0.912 bits per heavy atom. The molecular weight excluding hydrogens is 424 g/mol. The van der Waals surface area contributed by atoms with Gasteiger partial charge in [0.1, 0.15) is 5.75 Å². The first-order valence-corrected chi connectivity index (χ1v) is 11.8. The maximum absolute atomic E-state index is 11.5. The molecule has 1 atom stereocenters. The van der Waals surface area contributed by atoms with Crippen molar-refractivity contribution in [1.29, 1.82) is 0 Å². The third-order valence-electron chi connectivity index (χ3n) is 5.79. The van der Waals surface area contributed by atoms with Gasteiger partial charge < -0.3 is 9.84 Å². The molecule has 4 heteroatoms. The van der Waals surface area contributed by atoms with E-state index in [1.165, 1.54) is 5.56 Å². The summed E-state index contributed by atoms with van der Waals surface area (Å²) in [4.78, 5) is 22.7. The van der Waals surface area contributed by atoms with Gasteiger partial charge in [0, 0.05) is 11.1 Å². The SMILES string of the molecule is CCCOc1ccccc1/C=C/C(CCc1ccc(C(C)=O)cc1)Cc1ccc(C(=O)O)cc1. The largest absolute Gasteiger partial charge is 0.493 e. The summed E-state index contributed by atoms with van der Waals surface area (Å²) in [5.74, 6) is 0.286. The van der Waals surface area contributed by atoms with E-state index in [2.05, 4.69) is 25.1 Å². The number of ether oxygens (including phenoxy) is 1. The Kier molecular flexibility index (Phi) is 9.21. The lowest BCUT2D eigenvalue weighted by molar-refractivity contribution is 0.0696. The van der Waals surface area contributed by atoms with E-state index in [-0.39, 0.29) is 11.7 Å². The molecule has 0 aliphatic heterocycles. The van der Waals surface area contributed by atoms with Gasteiger partial charge in [-0.05, 0) is 67.9 Å². The molecule has 176 valence electrons. The molecule has 34 heavy (non-hydrogen) atoms. The molecule has 3 aromatic carbocycles. The maximum Gasteiger partial charge on any atom is 0.335 e. The summed E-state index contributed by atoms with van der Waals surface area (Å²) in [5.41, 5.74) is 4.36. The second-order valence-corrected chi connectivity index (χ2v) is 8.50. The van der Waals surface area contributed by atoms with Crippen molar-refractivity contribution in [1.82, 2.24) is 0 Å². The van der Waals surface area contributed by atoms with Crippen LogP contribution in [0.1, 0.15) is 64.1 Å². The number of Topliss-reactive ketones (excluding diaryl/α,β-unsaturated/α-hetero) is 1. The number of benzene rings is 3. The van der Waals surface area contributed by atoms with Crippen molar-refractivity contribution in [3.8, 4) is 5.75 Å². The topological polar surface area (TPSA) is 63.6 Å². The number of carbonyl (C=O) groups is 2. The molecule has 0 radical (unpaired) electrons. The molecule has 0 aromatic heterocycles. The number of ketones is 1. The van der Waals surface area contributed by atoms with Crippen molar-refractivity contribution in [3.63, 3.8) is 0 Å². The molecule has 0 fully saturated rings. The number of hydrogen-bond acceptors (Lipinski definition) is 3. The highest BCUT2D eigenvalue weighted by Gasteiger charge is 2.10. The number of carbonyl (C=O) groups excluding carboxylic acids is 1. The van der Waals surface area contributed by atoms with Crippen molar-refractivity contribution in [2.24, 2.45) is 5.92 Å². The summed E-state index contributed by atoms with van der Waals surface area (Å²) in [5, 5.41) is 9.18. The Labute approximate surface area is 201 Å². The minimum Gasteiger partial charge on any atom is -0.493 e. The number of aromatic carboxylic acids is 1. The van der Waals surface area contributed by atoms with Gasteiger partial charge in [-0.3, -0.25) is 4.79 Å². The van der Waals surface area contributed by atoms with Crippen molar-refractivity contribution in [2.45, 2.75) is 39.5 Å². The number of hydrogen-bond donors (Lipinski definition) is 1. The van der Waals surface area contributed by atoms with Crippen molar-refractivity contribution in [3.05, 3.63) is 107 Å². The first kappa shape index (κ1) is 25.0. The van der Waals surface area contributed by atoms with Gasteiger partial charge in [0.05, 0.1) is 12.2 Å². The summed E-state index contributed by atoms with van der Waals surface area (Å²) in [6, 6.07) is 23.0. The van der Waals surface area contributed by atoms with E-state index in [0.29, 0.717) is 12.2 Å². The highest BCUT2D eigenvalue weighted by atomic mass is 16.5. The molecule has 3 aromatic rings. The van der Waals surface area contributed by atoms with Crippen LogP contribution in [-0.2, 0) is 12.8 Å². The second-order valence-electron chi connectivity index (χ2n) is 8.50. The van der Waals surface area contributed by atoms with Crippen molar-refractivity contribution < 1.29 is 19.4 Å². The van der Waals surface area contributed by atoms with Gasteiger partial charge in [-0.25, -0.2) is 4.79 Å². The molecule has 0 heterocycles. The number of carboxylic acids is 1. The summed E-state index contributed by atoms with van der Waals surface area (Å²) >= 11 is 0. The molecular formula is C30H32O4. The fraction of sp³-hybridized carbons (Fsp3) is 0.267. The molecule has 0 spiro atoms. The molecule has 0 aliphatic rings. The summed E-state index contributed by atoms with van der Waals surface area (Å²) < 4.78 is 5.90. The van der Waals surface area contributed by atoms with Crippen LogP contribution in [0.4, 0.5) is 0 Å². The predicted octanol–water partition coefficient (Wildman–Crippen LogP) is 6.88. The van der Waals surface area contributed by atoms with Crippen LogP contribution in [-0.4, -0.2) is 23.5 Å². The predicted molar refractivity (Wildman–Crippen MR) is 137 cm³/mol. The monoisotopic (exact) mass is 456 g/mol. The average molecular weight is 457 g/mol. The molecule has 1 N–H and O–H groups in total. The van der Waals surface area contributed by atoms with Gasteiger partial charge in [0.2, 0.25) is 0 Å². The van der Waals surface area contributed by atoms with Gasteiger partial charge in [0.15, 0.2) is 5.78 Å². The van der Waals surface area contributed by atoms with Crippen LogP contribution in [0.15, 0.2) is 78.9 Å². The molecule has 0 saturated carbocycles. The van der Waals surface area contributed by atoms with Crippen LogP contribution in [0.3, 0.4) is 0 Å². The normalized spacial score (nSPS) is 11.9. The number of aryl methyl sites for hydroxylation is 1. The Hall–Kier alpha value is -3.66. The highest BCUT2D eigenvalue weighted by molar-refractivity contribution is 5.94. The summed E-state index contributed by atoms with van der Waals surface area (Å²) in [7, 11) is 0. The summed E-state index contributed by atoms with van der Waals surface area (Å²) in [6.45, 7) is 4.35. The zero-order valence-corrected chi connectivity index (χ0v) is 19.9. The lowest BCUT2D eigenvalue weighted by Gasteiger charge is -2.14. The van der Waals surface area contributed by atoms with Crippen LogP contribution in [0.5, 0.6) is 5.75 Å². The smallest absolute Gasteiger partial charge is 0.335 e. The van der Waals surface area contributed by atoms with Crippen LogP contribution >= 0.6 is 0 Å². The molecule has 1 unspecified atom stereocenters. The molecule has 0 amide bonds. The van der Waals surface area contributed by atoms with E-state index in [0.717, 1.165) is 48.1 Å². The zero-order valence-electron chi connectivity index (χ0n) is 19.9. The van der Waals surface area contributed by atoms with E-state index in [9.17, 15) is 14.7 Å². The standard InChI is InChI=1S/C30H32O4/c1-3-20-34-29-7-5-4-6-27(29)17-12-24(21-25-13-18-28(19-14-25)30(32)33)9-8-23-10-15-26(16-11-23)22(2)31/h4-7,10-19,24H,3,8-9,20-21H2,1-2H3,(H,32,33)/b17-12+. The first-order chi connectivity index (χ1) is 16.5. The van der Waals surface area contributed by atoms with E-state index >= 15 is 0 Å². The van der Waals surface area contributed by atoms with E-state index in [1.54, 1.807) is 19.1 Å². The van der Waals surface area contributed by atoms with E-state index in [1.807, 2.05) is 54.6 Å². The highest BCUT2D eigenvalue weighted by Crippen LogP contribution is 2.24. The average Bonchev–Trinajstić information content (AvgIpc) is 2.85. The number of rotatable bonds is 12. The molecule has 4 nitrogen and oxygen atoms in total. The third-order valence-corrected chi connectivity index (χ3v) is 5.79. The maximum atomic E-state index is 11.5.